The summed E-state index contributed by atoms with van der Waals surface area (Å²) in [5.41, 5.74) is -1.61. The largest absolute Gasteiger partial charge is 0.458 e. The number of fused-ring (bicyclic) bond motifs is 7. The van der Waals surface area contributed by atoms with Crippen LogP contribution in [0, 0.1) is 28.6 Å². The van der Waals surface area contributed by atoms with Crippen LogP contribution in [0.25, 0.3) is 0 Å². The Balaban J connectivity index is 1.54. The summed E-state index contributed by atoms with van der Waals surface area (Å²) < 4.78 is 33.8. The Labute approximate surface area is 195 Å². The molecule has 1 heterocycles. The molecule has 0 spiro atoms. The van der Waals surface area contributed by atoms with E-state index < -0.39 is 46.7 Å². The third-order valence-electron chi connectivity index (χ3n) is 9.81. The zero-order valence-corrected chi connectivity index (χ0v) is 20.5. The number of alkyl halides is 1. The van der Waals surface area contributed by atoms with Crippen molar-refractivity contribution < 1.29 is 33.3 Å². The van der Waals surface area contributed by atoms with Crippen LogP contribution in [-0.4, -0.2) is 52.7 Å². The fraction of sp³-hybridized carbons (Fsp3) is 0.846. The minimum absolute atomic E-state index is 0.0127. The van der Waals surface area contributed by atoms with E-state index in [0.29, 0.717) is 37.7 Å². The van der Waals surface area contributed by atoms with Crippen LogP contribution in [0.2, 0.25) is 0 Å². The van der Waals surface area contributed by atoms with Gasteiger partial charge in [-0.25, -0.2) is 4.39 Å². The predicted molar refractivity (Wildman–Crippen MR) is 118 cm³/mol. The molecule has 0 aromatic rings. The van der Waals surface area contributed by atoms with Crippen LogP contribution in [0.5, 0.6) is 0 Å². The van der Waals surface area contributed by atoms with Crippen molar-refractivity contribution in [3.8, 4) is 0 Å². The first kappa shape index (κ1) is 23.4. The monoisotopic (exact) mass is 464 g/mol. The Kier molecular flexibility index (Phi) is 5.05. The molecule has 0 radical (unpaired) electrons. The van der Waals surface area contributed by atoms with Gasteiger partial charge in [-0.2, -0.15) is 0 Å². The van der Waals surface area contributed by atoms with Crippen molar-refractivity contribution in [2.75, 3.05) is 0 Å². The highest BCUT2D eigenvalue weighted by atomic mass is 19.1. The molecule has 6 nitrogen and oxygen atoms in total. The van der Waals surface area contributed by atoms with Crippen LogP contribution >= 0.6 is 0 Å². The number of allylic oxidation sites excluding steroid dienone is 1. The third kappa shape index (κ3) is 3.00. The summed E-state index contributed by atoms with van der Waals surface area (Å²) in [7, 11) is 0. The zero-order valence-electron chi connectivity index (χ0n) is 20.5. The molecule has 0 aromatic carbocycles. The van der Waals surface area contributed by atoms with Gasteiger partial charge in [0.05, 0.1) is 12.2 Å². The van der Waals surface area contributed by atoms with Gasteiger partial charge in [0.1, 0.15) is 12.3 Å². The first-order valence-electron chi connectivity index (χ1n) is 12.4. The smallest absolute Gasteiger partial charge is 0.303 e. The lowest BCUT2D eigenvalue weighted by Crippen LogP contribution is -2.64. The lowest BCUT2D eigenvalue weighted by Gasteiger charge is -2.61. The summed E-state index contributed by atoms with van der Waals surface area (Å²) in [6, 6.07) is 0. The molecule has 4 aliphatic carbocycles. The van der Waals surface area contributed by atoms with Gasteiger partial charge in [0.15, 0.2) is 17.2 Å². The van der Waals surface area contributed by atoms with Gasteiger partial charge in [-0.05, 0) is 87.7 Å². The topological polar surface area (TPSA) is 82.1 Å². The van der Waals surface area contributed by atoms with Crippen molar-refractivity contribution in [1.82, 2.24) is 0 Å². The SMILES string of the molecule is CC(=O)OC1C=C2[C@@H](F)CC3C(C(O)CC4(C)C3C[C@H]3OC(C)(C)O[C@]34C(C)=O)C2(C)CC1. The normalized spacial score (nSPS) is 52.1. The van der Waals surface area contributed by atoms with Crippen molar-refractivity contribution in [3.05, 3.63) is 11.6 Å². The summed E-state index contributed by atoms with van der Waals surface area (Å²) >= 11 is 0. The Hall–Kier alpha value is -1.31. The van der Waals surface area contributed by atoms with E-state index in [1.54, 1.807) is 13.0 Å². The standard InChI is InChI=1S/C26H37FO6/c1-13(28)26-21(32-23(3,4)33-26)11-17-16-10-19(27)18-9-15(31-14(2)29)7-8-24(18,5)22(16)20(30)12-25(17,26)6/h9,15-17,19-22,30H,7-8,10-12H2,1-6H3/t15?,16?,17?,19-,20?,21+,22?,24?,25?,26+/m0/s1. The van der Waals surface area contributed by atoms with E-state index in [9.17, 15) is 14.7 Å². The summed E-state index contributed by atoms with van der Waals surface area (Å²) in [4.78, 5) is 24.6. The molecule has 1 N–H and O–H groups in total. The number of carbonyl (C=O) groups is 2. The summed E-state index contributed by atoms with van der Waals surface area (Å²) in [6.45, 7) is 10.7. The van der Waals surface area contributed by atoms with Crippen LogP contribution < -0.4 is 0 Å². The number of ketones is 1. The van der Waals surface area contributed by atoms with E-state index in [1.165, 1.54) is 6.92 Å². The number of aliphatic hydroxyl groups excluding tert-OH is 1. The first-order valence-corrected chi connectivity index (χ1v) is 12.4. The molecular formula is C26H37FO6. The lowest BCUT2D eigenvalue weighted by molar-refractivity contribution is -0.227. The molecule has 0 amide bonds. The van der Waals surface area contributed by atoms with Gasteiger partial charge >= 0.3 is 5.97 Å². The van der Waals surface area contributed by atoms with Crippen molar-refractivity contribution in [1.29, 1.82) is 0 Å². The van der Waals surface area contributed by atoms with Crippen LogP contribution in [0.4, 0.5) is 4.39 Å². The molecule has 3 saturated carbocycles. The van der Waals surface area contributed by atoms with E-state index in [4.69, 9.17) is 14.2 Å². The fourth-order valence-electron chi connectivity index (χ4n) is 8.88. The van der Waals surface area contributed by atoms with E-state index >= 15 is 4.39 Å². The first-order chi connectivity index (χ1) is 15.2. The number of hydrogen-bond donors (Lipinski definition) is 1. The van der Waals surface area contributed by atoms with Crippen LogP contribution in [0.3, 0.4) is 0 Å². The van der Waals surface area contributed by atoms with Crippen molar-refractivity contribution in [2.24, 2.45) is 28.6 Å². The van der Waals surface area contributed by atoms with Crippen LogP contribution in [-0.2, 0) is 23.8 Å². The average Bonchev–Trinajstić information content (AvgIpc) is 3.09. The molecule has 33 heavy (non-hydrogen) atoms. The quantitative estimate of drug-likeness (QED) is 0.493. The highest BCUT2D eigenvalue weighted by Gasteiger charge is 2.76. The fourth-order valence-corrected chi connectivity index (χ4v) is 8.88. The average molecular weight is 465 g/mol. The molecule has 0 bridgehead atoms. The number of aliphatic hydroxyl groups is 1. The minimum atomic E-state index is -1.17. The van der Waals surface area contributed by atoms with Crippen molar-refractivity contribution in [3.63, 3.8) is 0 Å². The molecule has 0 aromatic heterocycles. The maximum atomic E-state index is 15.8. The maximum absolute atomic E-state index is 15.8. The summed E-state index contributed by atoms with van der Waals surface area (Å²) in [5.74, 6) is -1.51. The number of hydrogen-bond acceptors (Lipinski definition) is 6. The molecule has 1 saturated heterocycles. The van der Waals surface area contributed by atoms with Gasteiger partial charge < -0.3 is 19.3 Å². The van der Waals surface area contributed by atoms with E-state index in [0.717, 1.165) is 0 Å². The zero-order chi connectivity index (χ0) is 24.1. The third-order valence-corrected chi connectivity index (χ3v) is 9.81. The van der Waals surface area contributed by atoms with Gasteiger partial charge in [0.2, 0.25) is 0 Å². The Morgan fingerprint density at radius 1 is 1.18 bits per heavy atom. The second-order valence-corrected chi connectivity index (χ2v) is 12.1. The van der Waals surface area contributed by atoms with Crippen molar-refractivity contribution >= 4 is 11.8 Å². The summed E-state index contributed by atoms with van der Waals surface area (Å²) in [5, 5.41) is 11.6. The number of Topliss-reactive ketones (excluding diaryl/α,β-unsaturated/α-hetero) is 1. The van der Waals surface area contributed by atoms with Crippen LogP contribution in [0.1, 0.15) is 73.6 Å². The molecule has 4 fully saturated rings. The van der Waals surface area contributed by atoms with Crippen molar-refractivity contribution in [2.45, 2.75) is 110 Å². The van der Waals surface area contributed by atoms with E-state index in [1.807, 2.05) is 20.8 Å². The summed E-state index contributed by atoms with van der Waals surface area (Å²) in [6.07, 6.45) is 1.73. The van der Waals surface area contributed by atoms with Gasteiger partial charge in [-0.3, -0.25) is 9.59 Å². The molecule has 7 heteroatoms. The molecule has 5 rings (SSSR count). The van der Waals surface area contributed by atoms with E-state index in [-0.39, 0.29) is 29.5 Å². The molecular weight excluding hydrogens is 427 g/mol. The number of ether oxygens (including phenoxy) is 3. The maximum Gasteiger partial charge on any atom is 0.303 e. The lowest BCUT2D eigenvalue weighted by atomic mass is 9.45. The van der Waals surface area contributed by atoms with Gasteiger partial charge in [-0.15, -0.1) is 0 Å². The highest BCUT2D eigenvalue weighted by molar-refractivity contribution is 5.88. The van der Waals surface area contributed by atoms with E-state index in [2.05, 4.69) is 6.92 Å². The number of carbonyl (C=O) groups excluding carboxylic acids is 2. The highest BCUT2D eigenvalue weighted by Crippen LogP contribution is 2.71. The number of esters is 1. The Morgan fingerprint density at radius 3 is 2.52 bits per heavy atom. The Bertz CT molecular complexity index is 914. The Morgan fingerprint density at radius 2 is 1.88 bits per heavy atom. The number of halogens is 1. The second kappa shape index (κ2) is 7.11. The predicted octanol–water partition coefficient (Wildman–Crippen LogP) is 3.89. The van der Waals surface area contributed by atoms with Gasteiger partial charge in [-0.1, -0.05) is 13.8 Å². The molecule has 10 atom stereocenters. The van der Waals surface area contributed by atoms with Crippen LogP contribution in [0.15, 0.2) is 11.6 Å². The molecule has 184 valence electrons. The second-order valence-electron chi connectivity index (χ2n) is 12.1. The molecule has 1 aliphatic heterocycles. The van der Waals surface area contributed by atoms with Gasteiger partial charge in [0, 0.05) is 12.3 Å². The number of rotatable bonds is 2. The molecule has 5 aliphatic rings. The van der Waals surface area contributed by atoms with Gasteiger partial charge in [0.25, 0.3) is 0 Å². The minimum Gasteiger partial charge on any atom is -0.458 e. The molecule has 7 unspecified atom stereocenters.